The molecular formula is C14H26N2O4. The summed E-state index contributed by atoms with van der Waals surface area (Å²) in [5, 5.41) is 24.2. The largest absolute Gasteiger partial charge is 0.481 e. The number of carboxylic acid groups (broad SMARTS) is 1. The summed E-state index contributed by atoms with van der Waals surface area (Å²) in [6, 6.07) is -0.517. The van der Waals surface area contributed by atoms with Gasteiger partial charge in [-0.3, -0.25) is 4.79 Å². The van der Waals surface area contributed by atoms with E-state index >= 15 is 0 Å². The highest BCUT2D eigenvalue weighted by atomic mass is 16.4. The fourth-order valence-corrected chi connectivity index (χ4v) is 2.52. The summed E-state index contributed by atoms with van der Waals surface area (Å²) in [4.78, 5) is 22.4. The molecule has 0 aromatic heterocycles. The van der Waals surface area contributed by atoms with Crippen molar-refractivity contribution in [2.24, 2.45) is 5.92 Å². The number of amides is 2. The highest BCUT2D eigenvalue weighted by Gasteiger charge is 2.23. The summed E-state index contributed by atoms with van der Waals surface area (Å²) in [6.45, 7) is 2.25. The number of rotatable bonds is 6. The van der Waals surface area contributed by atoms with E-state index in [1.54, 1.807) is 0 Å². The molecule has 0 aromatic carbocycles. The minimum absolute atomic E-state index is 0.0580. The molecule has 1 fully saturated rings. The summed E-state index contributed by atoms with van der Waals surface area (Å²) in [5.74, 6) is -0.907. The van der Waals surface area contributed by atoms with E-state index in [2.05, 4.69) is 10.6 Å². The molecule has 0 aromatic rings. The Hall–Kier alpha value is -1.30. The van der Waals surface area contributed by atoms with Crippen molar-refractivity contribution in [3.8, 4) is 0 Å². The summed E-state index contributed by atoms with van der Waals surface area (Å²) in [5.41, 5.74) is 0. The molecule has 0 saturated heterocycles. The van der Waals surface area contributed by atoms with E-state index in [0.717, 1.165) is 32.1 Å². The second-order valence-corrected chi connectivity index (χ2v) is 5.54. The van der Waals surface area contributed by atoms with Gasteiger partial charge in [0.05, 0.1) is 12.1 Å². The first-order chi connectivity index (χ1) is 9.52. The average molecular weight is 286 g/mol. The predicted molar refractivity (Wildman–Crippen MR) is 75.4 cm³/mol. The van der Waals surface area contributed by atoms with Gasteiger partial charge in [-0.05, 0) is 18.8 Å². The van der Waals surface area contributed by atoms with Gasteiger partial charge in [0.1, 0.15) is 0 Å². The number of hydrogen-bond donors (Lipinski definition) is 4. The molecule has 0 heterocycles. The number of carbonyl (C=O) groups excluding carboxylic acids is 1. The Morgan fingerprint density at radius 1 is 1.25 bits per heavy atom. The number of carbonyl (C=O) groups is 2. The third-order valence-electron chi connectivity index (χ3n) is 3.89. The Morgan fingerprint density at radius 2 is 1.95 bits per heavy atom. The molecule has 1 aliphatic rings. The monoisotopic (exact) mass is 286 g/mol. The van der Waals surface area contributed by atoms with E-state index < -0.39 is 12.1 Å². The van der Waals surface area contributed by atoms with Crippen molar-refractivity contribution >= 4 is 12.0 Å². The van der Waals surface area contributed by atoms with E-state index in [9.17, 15) is 14.7 Å². The average Bonchev–Trinajstić information content (AvgIpc) is 2.59. The first kappa shape index (κ1) is 16.8. The molecule has 4 N–H and O–H groups in total. The van der Waals surface area contributed by atoms with Crippen molar-refractivity contribution in [1.29, 1.82) is 0 Å². The molecule has 0 aliphatic heterocycles. The molecule has 1 aliphatic carbocycles. The van der Waals surface area contributed by atoms with Gasteiger partial charge >= 0.3 is 12.0 Å². The van der Waals surface area contributed by atoms with Crippen molar-refractivity contribution < 1.29 is 19.8 Å². The molecule has 1 rings (SSSR count). The van der Waals surface area contributed by atoms with Crippen LogP contribution in [0, 0.1) is 5.92 Å². The Balaban J connectivity index is 2.32. The summed E-state index contributed by atoms with van der Waals surface area (Å²) >= 11 is 0. The molecular weight excluding hydrogens is 260 g/mol. The molecule has 20 heavy (non-hydrogen) atoms. The SMILES string of the molecule is CCC(CNC(=O)NC1CCCCCC1O)CC(=O)O. The summed E-state index contributed by atoms with van der Waals surface area (Å²) in [6.07, 6.45) is 4.90. The second kappa shape index (κ2) is 8.79. The van der Waals surface area contributed by atoms with Gasteiger partial charge in [0.15, 0.2) is 0 Å². The molecule has 0 bridgehead atoms. The van der Waals surface area contributed by atoms with Crippen LogP contribution in [0.15, 0.2) is 0 Å². The standard InChI is InChI=1S/C14H26N2O4/c1-2-10(8-13(18)19)9-15-14(20)16-11-6-4-3-5-7-12(11)17/h10-12,17H,2-9H2,1H3,(H,18,19)(H2,15,16,20). The lowest BCUT2D eigenvalue weighted by Gasteiger charge is -2.22. The fraction of sp³-hybridized carbons (Fsp3) is 0.857. The smallest absolute Gasteiger partial charge is 0.315 e. The molecule has 116 valence electrons. The zero-order valence-corrected chi connectivity index (χ0v) is 12.1. The number of aliphatic carboxylic acids is 1. The maximum absolute atomic E-state index is 11.8. The van der Waals surface area contributed by atoms with Gasteiger partial charge in [-0.15, -0.1) is 0 Å². The quantitative estimate of drug-likeness (QED) is 0.556. The lowest BCUT2D eigenvalue weighted by molar-refractivity contribution is -0.138. The van der Waals surface area contributed by atoms with Crippen LogP contribution in [0.5, 0.6) is 0 Å². The normalized spacial score (nSPS) is 24.5. The van der Waals surface area contributed by atoms with E-state index in [4.69, 9.17) is 5.11 Å². The van der Waals surface area contributed by atoms with Crippen LogP contribution in [0.2, 0.25) is 0 Å². The molecule has 6 heteroatoms. The van der Waals surface area contributed by atoms with Crippen LogP contribution in [0.25, 0.3) is 0 Å². The summed E-state index contributed by atoms with van der Waals surface area (Å²) in [7, 11) is 0. The lowest BCUT2D eigenvalue weighted by atomic mass is 10.0. The van der Waals surface area contributed by atoms with Crippen LogP contribution >= 0.6 is 0 Å². The number of nitrogens with one attached hydrogen (secondary N) is 2. The van der Waals surface area contributed by atoms with Crippen LogP contribution in [0.1, 0.15) is 51.9 Å². The molecule has 6 nitrogen and oxygen atoms in total. The van der Waals surface area contributed by atoms with E-state index in [0.29, 0.717) is 13.0 Å². The highest BCUT2D eigenvalue weighted by molar-refractivity contribution is 5.74. The lowest BCUT2D eigenvalue weighted by Crippen LogP contribution is -2.48. The van der Waals surface area contributed by atoms with Crippen LogP contribution in [-0.4, -0.2) is 40.9 Å². The van der Waals surface area contributed by atoms with Crippen LogP contribution < -0.4 is 10.6 Å². The van der Waals surface area contributed by atoms with Crippen molar-refractivity contribution in [2.45, 2.75) is 64.0 Å². The maximum Gasteiger partial charge on any atom is 0.315 e. The topological polar surface area (TPSA) is 98.7 Å². The Morgan fingerprint density at radius 3 is 2.60 bits per heavy atom. The first-order valence-electron chi connectivity index (χ1n) is 7.47. The zero-order valence-electron chi connectivity index (χ0n) is 12.1. The van der Waals surface area contributed by atoms with Gasteiger partial charge in [-0.1, -0.05) is 32.6 Å². The van der Waals surface area contributed by atoms with Gasteiger partial charge in [-0.25, -0.2) is 4.79 Å². The Labute approximate surface area is 119 Å². The number of urea groups is 1. The second-order valence-electron chi connectivity index (χ2n) is 5.54. The van der Waals surface area contributed by atoms with Gasteiger partial charge in [0, 0.05) is 13.0 Å². The van der Waals surface area contributed by atoms with E-state index in [1.165, 1.54) is 0 Å². The number of carboxylic acids is 1. The van der Waals surface area contributed by atoms with Gasteiger partial charge in [-0.2, -0.15) is 0 Å². The maximum atomic E-state index is 11.8. The van der Waals surface area contributed by atoms with Crippen molar-refractivity contribution in [1.82, 2.24) is 10.6 Å². The molecule has 3 atom stereocenters. The molecule has 2 amide bonds. The van der Waals surface area contributed by atoms with Crippen molar-refractivity contribution in [2.75, 3.05) is 6.54 Å². The van der Waals surface area contributed by atoms with Crippen molar-refractivity contribution in [3.05, 3.63) is 0 Å². The van der Waals surface area contributed by atoms with Crippen LogP contribution in [-0.2, 0) is 4.79 Å². The minimum atomic E-state index is -0.849. The Kier molecular flexibility index (Phi) is 7.36. The van der Waals surface area contributed by atoms with E-state index in [-0.39, 0.29) is 24.4 Å². The van der Waals surface area contributed by atoms with Crippen molar-refractivity contribution in [3.63, 3.8) is 0 Å². The van der Waals surface area contributed by atoms with Gasteiger partial charge in [0.2, 0.25) is 0 Å². The number of aliphatic hydroxyl groups excluding tert-OH is 1. The highest BCUT2D eigenvalue weighted by Crippen LogP contribution is 2.17. The zero-order chi connectivity index (χ0) is 15.0. The fourth-order valence-electron chi connectivity index (χ4n) is 2.52. The third kappa shape index (κ3) is 6.23. The molecule has 0 radical (unpaired) electrons. The molecule has 1 saturated carbocycles. The number of aliphatic hydroxyl groups is 1. The number of hydrogen-bond acceptors (Lipinski definition) is 3. The van der Waals surface area contributed by atoms with Crippen LogP contribution in [0.3, 0.4) is 0 Å². The van der Waals surface area contributed by atoms with Crippen LogP contribution in [0.4, 0.5) is 4.79 Å². The Bertz CT molecular complexity index is 322. The van der Waals surface area contributed by atoms with Gasteiger partial charge < -0.3 is 20.8 Å². The predicted octanol–water partition coefficient (Wildman–Crippen LogP) is 1.48. The third-order valence-corrected chi connectivity index (χ3v) is 3.89. The van der Waals surface area contributed by atoms with Gasteiger partial charge in [0.25, 0.3) is 0 Å². The molecule has 0 spiro atoms. The van der Waals surface area contributed by atoms with E-state index in [1.807, 2.05) is 6.92 Å². The summed E-state index contributed by atoms with van der Waals surface area (Å²) < 4.78 is 0. The first-order valence-corrected chi connectivity index (χ1v) is 7.47. The molecule has 3 unspecified atom stereocenters. The minimum Gasteiger partial charge on any atom is -0.481 e.